The van der Waals surface area contributed by atoms with Gasteiger partial charge in [0.15, 0.2) is 12.4 Å². The van der Waals surface area contributed by atoms with Crippen molar-refractivity contribution >= 4 is 32.5 Å². The topological polar surface area (TPSA) is 140 Å². The molecule has 120 valence electrons. The van der Waals surface area contributed by atoms with Crippen molar-refractivity contribution in [2.24, 2.45) is 0 Å². The van der Waals surface area contributed by atoms with Crippen molar-refractivity contribution < 1.29 is 27.5 Å². The molecule has 4 aromatic heterocycles. The first-order valence-corrected chi connectivity index (χ1v) is 7.81. The number of aromatic amines is 4. The average Bonchev–Trinajstić information content (AvgIpc) is 3.15. The number of hydrogen-bond acceptors (Lipinski definition) is 4. The lowest BCUT2D eigenvalue weighted by atomic mass is 10.4. The largest absolute Gasteiger partial charge is 0.759 e. The second kappa shape index (κ2) is 7.49. The highest BCUT2D eigenvalue weighted by Crippen LogP contribution is 2.02. The van der Waals surface area contributed by atoms with Gasteiger partial charge in [0.25, 0.3) is 0 Å². The number of pyridine rings is 2. The zero-order valence-corrected chi connectivity index (χ0v) is 12.6. The minimum absolute atomic E-state index is 1.15. The molecule has 0 aliphatic carbocycles. The molecule has 8 nitrogen and oxygen atoms in total. The highest BCUT2D eigenvalue weighted by molar-refractivity contribution is 7.79. The summed E-state index contributed by atoms with van der Waals surface area (Å²) in [5.41, 5.74) is 4.60. The summed E-state index contributed by atoms with van der Waals surface area (Å²) in [6.07, 6.45) is 7.66. The number of H-pyrrole nitrogens is 4. The standard InChI is InChI=1S/2C7H6N2.H2O4S/c2*1-2-6-7(8-4-1)3-5-9-6;1-5(2,3)4/h2*1-5,9H;(H2,1,2,3,4). The smallest absolute Gasteiger partial charge is 0.228 e. The highest BCUT2D eigenvalue weighted by Gasteiger charge is 1.95. The molecule has 0 saturated carbocycles. The van der Waals surface area contributed by atoms with Gasteiger partial charge in [-0.2, -0.15) is 0 Å². The van der Waals surface area contributed by atoms with Crippen LogP contribution in [0.5, 0.6) is 0 Å². The summed E-state index contributed by atoms with van der Waals surface area (Å²) in [6.45, 7) is 0. The first-order valence-electron chi connectivity index (χ1n) is 6.48. The third-order valence-corrected chi connectivity index (χ3v) is 2.75. The van der Waals surface area contributed by atoms with Crippen LogP contribution in [0.4, 0.5) is 0 Å². The van der Waals surface area contributed by atoms with Gasteiger partial charge in [-0.05, 0) is 12.1 Å². The van der Waals surface area contributed by atoms with Crippen LogP contribution in [0.2, 0.25) is 0 Å². The molecule has 23 heavy (non-hydrogen) atoms. The third kappa shape index (κ3) is 5.87. The van der Waals surface area contributed by atoms with E-state index in [-0.39, 0.29) is 0 Å². The van der Waals surface area contributed by atoms with Crippen molar-refractivity contribution in [3.63, 3.8) is 0 Å². The molecule has 0 saturated heterocycles. The Balaban J connectivity index is 0.000000132. The summed E-state index contributed by atoms with van der Waals surface area (Å²) in [5, 5.41) is 0. The molecule has 0 fully saturated rings. The molecule has 4 aromatic rings. The van der Waals surface area contributed by atoms with Crippen LogP contribution >= 0.6 is 0 Å². The van der Waals surface area contributed by atoms with Crippen molar-refractivity contribution in [1.82, 2.24) is 9.97 Å². The maximum atomic E-state index is 8.52. The predicted octanol–water partition coefficient (Wildman–Crippen LogP) is 0.626. The van der Waals surface area contributed by atoms with E-state index in [9.17, 15) is 0 Å². The van der Waals surface area contributed by atoms with Crippen molar-refractivity contribution in [1.29, 1.82) is 0 Å². The minimum Gasteiger partial charge on any atom is -0.759 e. The van der Waals surface area contributed by atoms with E-state index < -0.39 is 10.4 Å². The molecule has 9 heteroatoms. The molecule has 0 spiro atoms. The van der Waals surface area contributed by atoms with Crippen LogP contribution in [0, 0.1) is 0 Å². The second-order valence-corrected chi connectivity index (χ2v) is 5.18. The molecule has 4 rings (SSSR count). The van der Waals surface area contributed by atoms with Crippen LogP contribution in [-0.2, 0) is 10.4 Å². The predicted molar refractivity (Wildman–Crippen MR) is 80.2 cm³/mol. The minimum atomic E-state index is -5.17. The fraction of sp³-hybridized carbons (Fsp3) is 0. The summed E-state index contributed by atoms with van der Waals surface area (Å²) in [5.74, 6) is 0. The van der Waals surface area contributed by atoms with Crippen LogP contribution in [0.1, 0.15) is 0 Å². The van der Waals surface area contributed by atoms with Crippen molar-refractivity contribution in [3.05, 3.63) is 61.2 Å². The molecule has 0 atom stereocenters. The van der Waals surface area contributed by atoms with E-state index >= 15 is 0 Å². The number of aromatic nitrogens is 4. The van der Waals surface area contributed by atoms with Crippen LogP contribution in [0.15, 0.2) is 61.2 Å². The first kappa shape index (κ1) is 16.6. The van der Waals surface area contributed by atoms with Gasteiger partial charge in [-0.15, -0.1) is 0 Å². The Kier molecular flexibility index (Phi) is 5.41. The number of rotatable bonds is 0. The summed E-state index contributed by atoms with van der Waals surface area (Å²) in [7, 11) is -5.17. The monoisotopic (exact) mass is 334 g/mol. The molecule has 0 aliphatic rings. The van der Waals surface area contributed by atoms with E-state index in [1.165, 1.54) is 0 Å². The summed E-state index contributed by atoms with van der Waals surface area (Å²) >= 11 is 0. The highest BCUT2D eigenvalue weighted by atomic mass is 32.3. The summed E-state index contributed by atoms with van der Waals surface area (Å²) in [4.78, 5) is 12.4. The Bertz CT molecular complexity index is 844. The molecule has 0 bridgehead atoms. The molecule has 0 unspecified atom stereocenters. The lowest BCUT2D eigenvalue weighted by Gasteiger charge is -2.06. The maximum absolute atomic E-state index is 8.52. The Morgan fingerprint density at radius 2 is 1.17 bits per heavy atom. The van der Waals surface area contributed by atoms with E-state index in [0.717, 1.165) is 22.1 Å². The lowest BCUT2D eigenvalue weighted by molar-refractivity contribution is -0.344. The van der Waals surface area contributed by atoms with Crippen molar-refractivity contribution in [2.75, 3.05) is 0 Å². The molecule has 4 heterocycles. The van der Waals surface area contributed by atoms with Gasteiger partial charge in [-0.25, -0.2) is 9.97 Å². The average molecular weight is 334 g/mol. The van der Waals surface area contributed by atoms with E-state index in [0.29, 0.717) is 0 Å². The number of hydrogen-bond donors (Lipinski definition) is 2. The Hall–Kier alpha value is -2.75. The van der Waals surface area contributed by atoms with Crippen LogP contribution in [0.25, 0.3) is 22.1 Å². The van der Waals surface area contributed by atoms with Gasteiger partial charge in [0, 0.05) is 47.1 Å². The van der Waals surface area contributed by atoms with E-state index in [1.54, 1.807) is 0 Å². The summed E-state index contributed by atoms with van der Waals surface area (Å²) in [6, 6.07) is 12.0. The number of fused-ring (bicyclic) bond motifs is 2. The van der Waals surface area contributed by atoms with Gasteiger partial charge in [0.05, 0.1) is 0 Å². The van der Waals surface area contributed by atoms with Crippen LogP contribution in [-0.4, -0.2) is 27.5 Å². The molecule has 0 aliphatic heterocycles. The zero-order chi connectivity index (χ0) is 16.7. The van der Waals surface area contributed by atoms with Gasteiger partial charge < -0.3 is 19.1 Å². The van der Waals surface area contributed by atoms with Gasteiger partial charge in [-0.3, -0.25) is 8.42 Å². The SMILES string of the molecule is O=S(=O)([O-])[O-].c1c[nH+]c2cc[nH]c2c1.c1c[nH+]c2cc[nH]c2c1. The fourth-order valence-corrected chi connectivity index (χ4v) is 1.86. The quantitative estimate of drug-likeness (QED) is 0.359. The Labute approximate surface area is 131 Å². The molecular formula is C14H14N4O4S. The third-order valence-electron chi connectivity index (χ3n) is 2.75. The summed E-state index contributed by atoms with van der Waals surface area (Å²) < 4.78 is 34.1. The van der Waals surface area contributed by atoms with Crippen molar-refractivity contribution in [3.8, 4) is 0 Å². The molecule has 0 aromatic carbocycles. The van der Waals surface area contributed by atoms with Crippen LogP contribution < -0.4 is 9.97 Å². The normalized spacial score (nSPS) is 10.5. The second-order valence-electron chi connectivity index (χ2n) is 4.36. The zero-order valence-electron chi connectivity index (χ0n) is 11.8. The van der Waals surface area contributed by atoms with Crippen LogP contribution in [0.3, 0.4) is 0 Å². The maximum Gasteiger partial charge on any atom is 0.228 e. The first-order chi connectivity index (χ1) is 10.9. The lowest BCUT2D eigenvalue weighted by Crippen LogP contribution is -1.98. The van der Waals surface area contributed by atoms with E-state index in [2.05, 4.69) is 19.9 Å². The molecular weight excluding hydrogens is 320 g/mol. The molecule has 0 amide bonds. The van der Waals surface area contributed by atoms with Gasteiger partial charge >= 0.3 is 0 Å². The van der Waals surface area contributed by atoms with E-state index in [4.69, 9.17) is 17.5 Å². The molecule has 0 radical (unpaired) electrons. The van der Waals surface area contributed by atoms with Gasteiger partial charge in [0.2, 0.25) is 11.0 Å². The van der Waals surface area contributed by atoms with E-state index in [1.807, 2.05) is 61.2 Å². The van der Waals surface area contributed by atoms with Crippen molar-refractivity contribution in [2.45, 2.75) is 0 Å². The Morgan fingerprint density at radius 3 is 1.52 bits per heavy atom. The van der Waals surface area contributed by atoms with Gasteiger partial charge in [0.1, 0.15) is 11.0 Å². The molecule has 4 N–H and O–H groups in total. The number of nitrogens with one attached hydrogen (secondary N) is 4. The van der Waals surface area contributed by atoms with Gasteiger partial charge in [-0.1, -0.05) is 0 Å². The fourth-order valence-electron chi connectivity index (χ4n) is 1.86. The Morgan fingerprint density at radius 1 is 0.783 bits per heavy atom.